The van der Waals surface area contributed by atoms with Crippen LogP contribution in [0.25, 0.3) is 0 Å². The third kappa shape index (κ3) is 2.98. The molecule has 0 radical (unpaired) electrons. The summed E-state index contributed by atoms with van der Waals surface area (Å²) in [6.07, 6.45) is 1.58. The number of carbonyl (C=O) groups excluding carboxylic acids is 1. The first-order valence-electron chi connectivity index (χ1n) is 6.29. The van der Waals surface area contributed by atoms with Crippen molar-refractivity contribution in [2.75, 3.05) is 6.54 Å². The first kappa shape index (κ1) is 14.5. The van der Waals surface area contributed by atoms with Gasteiger partial charge >= 0.3 is 0 Å². The first-order valence-corrected chi connectivity index (χ1v) is 7.08. The van der Waals surface area contributed by atoms with Crippen molar-refractivity contribution in [2.45, 2.75) is 38.3 Å². The van der Waals surface area contributed by atoms with E-state index in [9.17, 15) is 14.3 Å². The van der Waals surface area contributed by atoms with Gasteiger partial charge in [0.15, 0.2) is 0 Å². The normalized spacial score (nSPS) is 19.8. The Kier molecular flexibility index (Phi) is 3.97. The lowest BCUT2D eigenvalue weighted by atomic mass is 9.96. The molecule has 3 nitrogen and oxygen atoms in total. The van der Waals surface area contributed by atoms with Gasteiger partial charge in [0.05, 0.1) is 17.2 Å². The highest BCUT2D eigenvalue weighted by atomic mass is 79.9. The van der Waals surface area contributed by atoms with Crippen LogP contribution in [0, 0.1) is 5.82 Å². The van der Waals surface area contributed by atoms with Crippen LogP contribution in [0.3, 0.4) is 0 Å². The molecule has 1 fully saturated rings. The van der Waals surface area contributed by atoms with Crippen LogP contribution in [0.4, 0.5) is 4.39 Å². The number of benzene rings is 1. The predicted molar refractivity (Wildman–Crippen MR) is 74.5 cm³/mol. The maximum absolute atomic E-state index is 13.8. The van der Waals surface area contributed by atoms with Gasteiger partial charge in [-0.05, 0) is 44.9 Å². The lowest BCUT2D eigenvalue weighted by molar-refractivity contribution is 0.000158. The summed E-state index contributed by atoms with van der Waals surface area (Å²) < 4.78 is 14.4. The van der Waals surface area contributed by atoms with Crippen molar-refractivity contribution >= 4 is 21.8 Å². The van der Waals surface area contributed by atoms with Gasteiger partial charge in [0.1, 0.15) is 5.82 Å². The lowest BCUT2D eigenvalue weighted by Gasteiger charge is -2.33. The van der Waals surface area contributed by atoms with Crippen LogP contribution in [0.15, 0.2) is 22.7 Å². The standard InChI is InChI=1S/C14H17BrFNO2/c1-14(2,19)12-4-3-7-17(12)13(18)10-6-5-9(15)8-11(10)16/h5-6,8,12,19H,3-4,7H2,1-2H3. The Morgan fingerprint density at radius 3 is 2.79 bits per heavy atom. The highest BCUT2D eigenvalue weighted by Gasteiger charge is 2.39. The van der Waals surface area contributed by atoms with Crippen molar-refractivity contribution in [1.82, 2.24) is 4.90 Å². The van der Waals surface area contributed by atoms with Crippen LogP contribution in [-0.4, -0.2) is 34.1 Å². The quantitative estimate of drug-likeness (QED) is 0.906. The Bertz CT molecular complexity index is 499. The third-order valence-electron chi connectivity index (χ3n) is 3.49. The molecular formula is C14H17BrFNO2. The topological polar surface area (TPSA) is 40.5 Å². The predicted octanol–water partition coefficient (Wildman–Crippen LogP) is 2.96. The van der Waals surface area contributed by atoms with E-state index in [-0.39, 0.29) is 17.5 Å². The lowest BCUT2D eigenvalue weighted by Crippen LogP contribution is -2.48. The van der Waals surface area contributed by atoms with Crippen LogP contribution in [0.2, 0.25) is 0 Å². The maximum atomic E-state index is 13.8. The van der Waals surface area contributed by atoms with E-state index in [4.69, 9.17) is 0 Å². The minimum Gasteiger partial charge on any atom is -0.388 e. The SMILES string of the molecule is CC(C)(O)C1CCCN1C(=O)c1ccc(Br)cc1F. The molecule has 1 amide bonds. The van der Waals surface area contributed by atoms with Gasteiger partial charge in [-0.3, -0.25) is 4.79 Å². The first-order chi connectivity index (χ1) is 8.80. The molecule has 1 aromatic rings. The zero-order chi connectivity index (χ0) is 14.2. The fraction of sp³-hybridized carbons (Fsp3) is 0.500. The molecule has 0 aromatic heterocycles. The van der Waals surface area contributed by atoms with E-state index in [1.54, 1.807) is 24.8 Å². The number of hydrogen-bond donors (Lipinski definition) is 1. The van der Waals surface area contributed by atoms with Gasteiger partial charge in [0, 0.05) is 11.0 Å². The summed E-state index contributed by atoms with van der Waals surface area (Å²) in [6, 6.07) is 4.14. The van der Waals surface area contributed by atoms with E-state index >= 15 is 0 Å². The molecular weight excluding hydrogens is 313 g/mol. The van der Waals surface area contributed by atoms with Crippen molar-refractivity contribution in [3.05, 3.63) is 34.1 Å². The van der Waals surface area contributed by atoms with Gasteiger partial charge in [-0.15, -0.1) is 0 Å². The summed E-state index contributed by atoms with van der Waals surface area (Å²) in [5.41, 5.74) is -0.919. The molecule has 2 rings (SSSR count). The minimum absolute atomic E-state index is 0.0550. The van der Waals surface area contributed by atoms with Crippen molar-refractivity contribution in [3.8, 4) is 0 Å². The number of likely N-dealkylation sites (tertiary alicyclic amines) is 1. The highest BCUT2D eigenvalue weighted by molar-refractivity contribution is 9.10. The number of rotatable bonds is 2. The second-order valence-electron chi connectivity index (χ2n) is 5.43. The van der Waals surface area contributed by atoms with E-state index in [1.165, 1.54) is 12.1 Å². The van der Waals surface area contributed by atoms with Crippen molar-refractivity contribution < 1.29 is 14.3 Å². The highest BCUT2D eigenvalue weighted by Crippen LogP contribution is 2.29. The fourth-order valence-electron chi connectivity index (χ4n) is 2.56. The molecule has 1 unspecified atom stereocenters. The average Bonchev–Trinajstić information content (AvgIpc) is 2.76. The number of halogens is 2. The Morgan fingerprint density at radius 1 is 1.53 bits per heavy atom. The van der Waals surface area contributed by atoms with Crippen LogP contribution in [0.5, 0.6) is 0 Å². The molecule has 0 spiro atoms. The summed E-state index contributed by atoms with van der Waals surface area (Å²) in [5.74, 6) is -0.893. The molecule has 0 saturated carbocycles. The average molecular weight is 330 g/mol. The van der Waals surface area contributed by atoms with Crippen LogP contribution in [-0.2, 0) is 0 Å². The Morgan fingerprint density at radius 2 is 2.21 bits per heavy atom. The Hall–Kier alpha value is -0.940. The smallest absolute Gasteiger partial charge is 0.257 e. The third-order valence-corrected chi connectivity index (χ3v) is 3.98. The van der Waals surface area contributed by atoms with Gasteiger partial charge in [-0.25, -0.2) is 4.39 Å². The van der Waals surface area contributed by atoms with E-state index in [0.717, 1.165) is 12.8 Å². The van der Waals surface area contributed by atoms with Gasteiger partial charge < -0.3 is 10.0 Å². The molecule has 1 aliphatic heterocycles. The molecule has 1 aliphatic rings. The van der Waals surface area contributed by atoms with Gasteiger partial charge in [0.2, 0.25) is 0 Å². The summed E-state index contributed by atoms with van der Waals surface area (Å²) in [7, 11) is 0. The van der Waals surface area contributed by atoms with E-state index in [0.29, 0.717) is 11.0 Å². The molecule has 1 saturated heterocycles. The van der Waals surface area contributed by atoms with Crippen molar-refractivity contribution in [3.63, 3.8) is 0 Å². The number of nitrogens with zero attached hydrogens (tertiary/aromatic N) is 1. The fourth-order valence-corrected chi connectivity index (χ4v) is 2.90. The van der Waals surface area contributed by atoms with Crippen LogP contribution >= 0.6 is 15.9 Å². The van der Waals surface area contributed by atoms with Crippen molar-refractivity contribution in [2.24, 2.45) is 0 Å². The zero-order valence-electron chi connectivity index (χ0n) is 11.0. The molecule has 0 aliphatic carbocycles. The molecule has 5 heteroatoms. The largest absolute Gasteiger partial charge is 0.388 e. The molecule has 1 aromatic carbocycles. The molecule has 19 heavy (non-hydrogen) atoms. The monoisotopic (exact) mass is 329 g/mol. The molecule has 1 heterocycles. The Labute approximate surface area is 120 Å². The van der Waals surface area contributed by atoms with Crippen LogP contribution in [0.1, 0.15) is 37.0 Å². The van der Waals surface area contributed by atoms with Crippen molar-refractivity contribution in [1.29, 1.82) is 0 Å². The van der Waals surface area contributed by atoms with Crippen LogP contribution < -0.4 is 0 Å². The van der Waals surface area contributed by atoms with Gasteiger partial charge in [0.25, 0.3) is 5.91 Å². The molecule has 1 atom stereocenters. The summed E-state index contributed by atoms with van der Waals surface area (Å²) >= 11 is 3.17. The molecule has 104 valence electrons. The number of hydrogen-bond acceptors (Lipinski definition) is 2. The second-order valence-corrected chi connectivity index (χ2v) is 6.35. The van der Waals surface area contributed by atoms with E-state index in [1.807, 2.05) is 0 Å². The zero-order valence-corrected chi connectivity index (χ0v) is 12.6. The number of amides is 1. The van der Waals surface area contributed by atoms with E-state index < -0.39 is 11.4 Å². The van der Waals surface area contributed by atoms with Gasteiger partial charge in [-0.2, -0.15) is 0 Å². The molecule has 0 bridgehead atoms. The number of aliphatic hydroxyl groups is 1. The maximum Gasteiger partial charge on any atom is 0.257 e. The Balaban J connectivity index is 2.28. The van der Waals surface area contributed by atoms with Gasteiger partial charge in [-0.1, -0.05) is 15.9 Å². The number of carbonyl (C=O) groups is 1. The second kappa shape index (κ2) is 5.21. The summed E-state index contributed by atoms with van der Waals surface area (Å²) in [5, 5.41) is 10.1. The summed E-state index contributed by atoms with van der Waals surface area (Å²) in [4.78, 5) is 14.0. The van der Waals surface area contributed by atoms with E-state index in [2.05, 4.69) is 15.9 Å². The minimum atomic E-state index is -0.974. The summed E-state index contributed by atoms with van der Waals surface area (Å²) in [6.45, 7) is 3.92. The molecule has 1 N–H and O–H groups in total.